The quantitative estimate of drug-likeness (QED) is 0.139. The number of fused-ring (bicyclic) bond motifs is 8. The van der Waals surface area contributed by atoms with Gasteiger partial charge in [0.05, 0.1) is 0 Å². The summed E-state index contributed by atoms with van der Waals surface area (Å²) < 4.78 is 20.6. The molecule has 1 aliphatic carbocycles. The van der Waals surface area contributed by atoms with E-state index in [9.17, 15) is 0 Å². The molecule has 0 fully saturated rings. The van der Waals surface area contributed by atoms with E-state index in [1.165, 1.54) is 18.4 Å². The average Bonchev–Trinajstić information content (AvgIpc) is 3.53. The molecule has 0 N–H and O–H groups in total. The summed E-state index contributed by atoms with van der Waals surface area (Å²) in [6, 6.07) is 44.9. The van der Waals surface area contributed by atoms with E-state index in [1.807, 2.05) is 0 Å². The third-order valence-electron chi connectivity index (χ3n) is 11.2. The first kappa shape index (κ1) is 30.2. The van der Waals surface area contributed by atoms with Gasteiger partial charge in [-0.05, 0) is 96.3 Å². The SMILES string of the molecule is CC1CCC/C=C/C(C)(c2cc3c4c(c2)Oc2c(ccc5c2oc2cc(N(c6ccccc6)c6ccccc6)ccc25)B4c2ccccc2O3)C1. The van der Waals surface area contributed by atoms with E-state index in [0.717, 1.165) is 91.2 Å². The molecule has 0 bridgehead atoms. The first-order valence-corrected chi connectivity index (χ1v) is 18.2. The van der Waals surface area contributed by atoms with Crippen LogP contribution in [0.15, 0.2) is 144 Å². The zero-order valence-corrected chi connectivity index (χ0v) is 28.9. The molecule has 0 spiro atoms. The highest BCUT2D eigenvalue weighted by Crippen LogP contribution is 2.45. The number of anilines is 3. The number of furan rings is 1. The van der Waals surface area contributed by atoms with Crippen molar-refractivity contribution < 1.29 is 13.9 Å². The largest absolute Gasteiger partial charge is 0.458 e. The molecule has 3 aliphatic rings. The van der Waals surface area contributed by atoms with Crippen molar-refractivity contribution in [2.75, 3.05) is 4.90 Å². The topological polar surface area (TPSA) is 34.8 Å². The summed E-state index contributed by atoms with van der Waals surface area (Å²) in [6.07, 6.45) is 9.48. The van der Waals surface area contributed by atoms with Crippen molar-refractivity contribution in [1.29, 1.82) is 0 Å². The van der Waals surface area contributed by atoms with E-state index in [2.05, 4.69) is 158 Å². The summed E-state index contributed by atoms with van der Waals surface area (Å²) in [7, 11) is 0. The summed E-state index contributed by atoms with van der Waals surface area (Å²) in [5.41, 5.74) is 9.24. The molecule has 0 saturated carbocycles. The van der Waals surface area contributed by atoms with Crippen molar-refractivity contribution in [3.8, 4) is 23.0 Å². The summed E-state index contributed by atoms with van der Waals surface area (Å²) in [5, 5.41) is 2.11. The second-order valence-corrected chi connectivity index (χ2v) is 14.8. The number of rotatable bonds is 4. The third kappa shape index (κ3) is 4.90. The predicted octanol–water partition coefficient (Wildman–Crippen LogP) is 10.8. The van der Waals surface area contributed by atoms with Gasteiger partial charge in [0.2, 0.25) is 0 Å². The molecule has 248 valence electrons. The van der Waals surface area contributed by atoms with Crippen LogP contribution in [0.4, 0.5) is 17.1 Å². The van der Waals surface area contributed by atoms with Crippen LogP contribution in [-0.4, -0.2) is 6.71 Å². The van der Waals surface area contributed by atoms with Crippen LogP contribution >= 0.6 is 0 Å². The number of para-hydroxylation sites is 3. The van der Waals surface area contributed by atoms with Gasteiger partial charge >= 0.3 is 0 Å². The summed E-state index contributed by atoms with van der Waals surface area (Å²) >= 11 is 0. The molecule has 10 rings (SSSR count). The van der Waals surface area contributed by atoms with Crippen LogP contribution in [0.25, 0.3) is 21.9 Å². The van der Waals surface area contributed by atoms with Gasteiger partial charge in [-0.1, -0.05) is 99.2 Å². The lowest BCUT2D eigenvalue weighted by Crippen LogP contribution is -2.57. The summed E-state index contributed by atoms with van der Waals surface area (Å²) in [6.45, 7) is 4.73. The molecule has 3 heterocycles. The molecule has 2 unspecified atom stereocenters. The molecule has 0 saturated heterocycles. The predicted molar refractivity (Wildman–Crippen MR) is 210 cm³/mol. The lowest BCUT2D eigenvalue weighted by Gasteiger charge is -2.36. The minimum atomic E-state index is -0.129. The Morgan fingerprint density at radius 2 is 1.39 bits per heavy atom. The van der Waals surface area contributed by atoms with Crippen molar-refractivity contribution >= 4 is 62.1 Å². The normalized spacial score (nSPS) is 19.6. The van der Waals surface area contributed by atoms with Crippen molar-refractivity contribution in [3.63, 3.8) is 0 Å². The smallest absolute Gasteiger partial charge is 0.260 e. The average molecular weight is 664 g/mol. The number of allylic oxidation sites excluding steroid dienone is 2. The van der Waals surface area contributed by atoms with E-state index in [4.69, 9.17) is 13.9 Å². The molecule has 1 aromatic heterocycles. The van der Waals surface area contributed by atoms with Crippen LogP contribution in [0.5, 0.6) is 23.0 Å². The Labute approximate surface area is 299 Å². The molecule has 7 aromatic rings. The fourth-order valence-electron chi connectivity index (χ4n) is 8.83. The molecule has 2 aliphatic heterocycles. The fraction of sp³-hybridized carbons (Fsp3) is 0.174. The van der Waals surface area contributed by atoms with Gasteiger partial charge in [-0.15, -0.1) is 0 Å². The Morgan fingerprint density at radius 1 is 0.686 bits per heavy atom. The molecular formula is C46H38BNO3. The Balaban J connectivity index is 1.15. The van der Waals surface area contributed by atoms with Gasteiger partial charge in [-0.2, -0.15) is 0 Å². The Morgan fingerprint density at radius 3 is 2.18 bits per heavy atom. The maximum atomic E-state index is 7.05. The van der Waals surface area contributed by atoms with Crippen LogP contribution in [0, 0.1) is 5.92 Å². The molecular weight excluding hydrogens is 625 g/mol. The van der Waals surface area contributed by atoms with Crippen LogP contribution in [0.1, 0.15) is 45.1 Å². The summed E-state index contributed by atoms with van der Waals surface area (Å²) in [5.74, 6) is 4.05. The van der Waals surface area contributed by atoms with Crippen molar-refractivity contribution in [3.05, 3.63) is 145 Å². The third-order valence-corrected chi connectivity index (χ3v) is 11.2. The van der Waals surface area contributed by atoms with Crippen LogP contribution in [-0.2, 0) is 5.41 Å². The van der Waals surface area contributed by atoms with E-state index in [1.54, 1.807) is 0 Å². The highest BCUT2D eigenvalue weighted by Gasteiger charge is 2.42. The monoisotopic (exact) mass is 663 g/mol. The lowest BCUT2D eigenvalue weighted by atomic mass is 9.34. The van der Waals surface area contributed by atoms with Crippen molar-refractivity contribution in [1.82, 2.24) is 0 Å². The first-order chi connectivity index (χ1) is 25.0. The van der Waals surface area contributed by atoms with E-state index >= 15 is 0 Å². The number of hydrogen-bond acceptors (Lipinski definition) is 4. The van der Waals surface area contributed by atoms with E-state index in [0.29, 0.717) is 5.92 Å². The Hall–Kier alpha value is -5.68. The number of hydrogen-bond donors (Lipinski definition) is 0. The molecule has 4 nitrogen and oxygen atoms in total. The van der Waals surface area contributed by atoms with Gasteiger partial charge in [-0.3, -0.25) is 0 Å². The van der Waals surface area contributed by atoms with Crippen molar-refractivity contribution in [2.24, 2.45) is 5.92 Å². The number of nitrogens with zero attached hydrogens (tertiary/aromatic N) is 1. The molecule has 6 aromatic carbocycles. The molecule has 0 radical (unpaired) electrons. The first-order valence-electron chi connectivity index (χ1n) is 18.2. The van der Waals surface area contributed by atoms with Gasteiger partial charge in [0, 0.05) is 44.8 Å². The van der Waals surface area contributed by atoms with Crippen LogP contribution < -0.4 is 30.8 Å². The zero-order chi connectivity index (χ0) is 34.1. The van der Waals surface area contributed by atoms with Crippen LogP contribution in [0.3, 0.4) is 0 Å². The second kappa shape index (κ2) is 11.7. The number of ether oxygens (including phenoxy) is 2. The van der Waals surface area contributed by atoms with Gasteiger partial charge in [0.25, 0.3) is 6.71 Å². The molecule has 51 heavy (non-hydrogen) atoms. The van der Waals surface area contributed by atoms with Gasteiger partial charge in [0.15, 0.2) is 11.3 Å². The van der Waals surface area contributed by atoms with Gasteiger partial charge in [0.1, 0.15) is 22.8 Å². The highest BCUT2D eigenvalue weighted by atomic mass is 16.5. The minimum Gasteiger partial charge on any atom is -0.458 e. The Kier molecular flexibility index (Phi) is 6.92. The second-order valence-electron chi connectivity index (χ2n) is 14.8. The molecule has 2 atom stereocenters. The molecule has 5 heteroatoms. The standard InChI is InChI=1S/C46H38BNO3/c1-30-14-6-5-13-25-46(2,29-30)31-26-41-43-42(27-31)51-45-38(47(43)37-19-11-12-20-39(37)49-41)24-23-36-35-22-21-34(28-40(35)50-44(36)45)48(32-15-7-3-8-16-32)33-17-9-4-10-18-33/h3-4,7-13,15-28,30H,5-6,14,29H2,1-2H3/b25-13+. The molecule has 0 amide bonds. The van der Waals surface area contributed by atoms with Crippen LogP contribution in [0.2, 0.25) is 0 Å². The Bertz CT molecular complexity index is 2450. The van der Waals surface area contributed by atoms with Crippen molar-refractivity contribution in [2.45, 2.75) is 44.9 Å². The van der Waals surface area contributed by atoms with Gasteiger partial charge in [-0.25, -0.2) is 0 Å². The highest BCUT2D eigenvalue weighted by molar-refractivity contribution is 6.98. The van der Waals surface area contributed by atoms with E-state index in [-0.39, 0.29) is 12.1 Å². The lowest BCUT2D eigenvalue weighted by molar-refractivity contribution is 0.375. The maximum Gasteiger partial charge on any atom is 0.260 e. The summed E-state index contributed by atoms with van der Waals surface area (Å²) in [4.78, 5) is 2.27. The van der Waals surface area contributed by atoms with E-state index < -0.39 is 0 Å². The fourth-order valence-corrected chi connectivity index (χ4v) is 8.83. The zero-order valence-electron chi connectivity index (χ0n) is 28.9. The minimum absolute atomic E-state index is 0.0304. The van der Waals surface area contributed by atoms with Gasteiger partial charge < -0.3 is 18.8 Å². The number of benzene rings is 6. The maximum absolute atomic E-state index is 7.05.